The van der Waals surface area contributed by atoms with Crippen LogP contribution in [0.5, 0.6) is 5.75 Å². The number of hydrogen-bond donors (Lipinski definition) is 1. The third kappa shape index (κ3) is 2.00. The normalized spacial score (nSPS) is 13.8. The van der Waals surface area contributed by atoms with Gasteiger partial charge in [0.1, 0.15) is 5.75 Å². The van der Waals surface area contributed by atoms with Gasteiger partial charge in [-0.3, -0.25) is 4.99 Å². The number of aliphatic imine (C=N–C) groups is 1. The highest BCUT2D eigenvalue weighted by Gasteiger charge is 2.20. The van der Waals surface area contributed by atoms with Crippen molar-refractivity contribution in [1.82, 2.24) is 0 Å². The Balaban J connectivity index is 2.02. The van der Waals surface area contributed by atoms with E-state index in [4.69, 9.17) is 4.99 Å². The van der Waals surface area contributed by atoms with Crippen molar-refractivity contribution in [3.05, 3.63) is 76.9 Å². The second-order valence-electron chi connectivity index (χ2n) is 5.82. The first-order chi connectivity index (χ1) is 10.7. The maximum atomic E-state index is 10.5. The first-order valence-corrected chi connectivity index (χ1v) is 7.59. The Morgan fingerprint density at radius 1 is 1.00 bits per heavy atom. The second kappa shape index (κ2) is 4.99. The van der Waals surface area contributed by atoms with Crippen LogP contribution in [0.2, 0.25) is 0 Å². The van der Waals surface area contributed by atoms with Gasteiger partial charge in [0.15, 0.2) is 0 Å². The van der Waals surface area contributed by atoms with Crippen LogP contribution in [0.1, 0.15) is 22.3 Å². The molecule has 0 saturated heterocycles. The Kier molecular flexibility index (Phi) is 2.97. The van der Waals surface area contributed by atoms with Crippen molar-refractivity contribution in [1.29, 1.82) is 0 Å². The highest BCUT2D eigenvalue weighted by molar-refractivity contribution is 6.22. The van der Waals surface area contributed by atoms with E-state index >= 15 is 0 Å². The van der Waals surface area contributed by atoms with E-state index in [0.29, 0.717) is 5.75 Å². The zero-order valence-electron chi connectivity index (χ0n) is 12.5. The SMILES string of the molecule is Cc1ccc2c(C3=NCCc4ccccc43)c(O)ccc2c1. The van der Waals surface area contributed by atoms with Crippen LogP contribution in [0.25, 0.3) is 10.8 Å². The summed E-state index contributed by atoms with van der Waals surface area (Å²) < 4.78 is 0. The lowest BCUT2D eigenvalue weighted by Crippen LogP contribution is -2.14. The molecular weight excluding hydrogens is 270 g/mol. The van der Waals surface area contributed by atoms with Crippen molar-refractivity contribution in [2.45, 2.75) is 13.3 Å². The molecule has 0 fully saturated rings. The molecule has 1 aliphatic heterocycles. The monoisotopic (exact) mass is 287 g/mol. The van der Waals surface area contributed by atoms with Crippen LogP contribution in [-0.2, 0) is 6.42 Å². The average Bonchev–Trinajstić information content (AvgIpc) is 2.55. The molecule has 3 aromatic rings. The van der Waals surface area contributed by atoms with E-state index in [-0.39, 0.29) is 0 Å². The number of fused-ring (bicyclic) bond motifs is 2. The molecule has 1 heterocycles. The lowest BCUT2D eigenvalue weighted by atomic mass is 9.90. The number of phenols is 1. The maximum Gasteiger partial charge on any atom is 0.125 e. The van der Waals surface area contributed by atoms with Crippen LogP contribution in [0.15, 0.2) is 59.6 Å². The van der Waals surface area contributed by atoms with Crippen LogP contribution >= 0.6 is 0 Å². The molecule has 0 atom stereocenters. The molecule has 108 valence electrons. The van der Waals surface area contributed by atoms with Crippen molar-refractivity contribution in [3.63, 3.8) is 0 Å². The Morgan fingerprint density at radius 3 is 2.77 bits per heavy atom. The van der Waals surface area contributed by atoms with Crippen LogP contribution in [0.3, 0.4) is 0 Å². The Morgan fingerprint density at radius 2 is 1.86 bits per heavy atom. The minimum absolute atomic E-state index is 0.298. The molecule has 0 aromatic heterocycles. The van der Waals surface area contributed by atoms with Gasteiger partial charge in [0, 0.05) is 17.7 Å². The molecule has 0 bridgehead atoms. The lowest BCUT2D eigenvalue weighted by Gasteiger charge is -2.19. The number of phenolic OH excluding ortho intramolecular Hbond substituents is 1. The zero-order valence-corrected chi connectivity index (χ0v) is 12.5. The molecule has 2 heteroatoms. The molecule has 0 radical (unpaired) electrons. The standard InChI is InChI=1S/C20H17NO/c1-13-6-8-16-15(12-13)7-9-18(22)19(16)20-17-5-3-2-4-14(17)10-11-21-20/h2-9,12,22H,10-11H2,1H3. The van der Waals surface area contributed by atoms with Gasteiger partial charge < -0.3 is 5.11 Å². The maximum absolute atomic E-state index is 10.5. The summed E-state index contributed by atoms with van der Waals surface area (Å²) in [4.78, 5) is 4.73. The van der Waals surface area contributed by atoms with Crippen molar-refractivity contribution in [2.75, 3.05) is 6.54 Å². The first-order valence-electron chi connectivity index (χ1n) is 7.59. The Hall–Kier alpha value is -2.61. The van der Waals surface area contributed by atoms with Gasteiger partial charge in [0.25, 0.3) is 0 Å². The van der Waals surface area contributed by atoms with Crippen LogP contribution in [-0.4, -0.2) is 17.4 Å². The second-order valence-corrected chi connectivity index (χ2v) is 5.82. The van der Waals surface area contributed by atoms with Gasteiger partial charge in [0.2, 0.25) is 0 Å². The molecule has 1 aliphatic rings. The van der Waals surface area contributed by atoms with E-state index in [2.05, 4.69) is 43.3 Å². The molecule has 0 saturated carbocycles. The van der Waals surface area contributed by atoms with Crippen LogP contribution < -0.4 is 0 Å². The largest absolute Gasteiger partial charge is 0.507 e. The van der Waals surface area contributed by atoms with E-state index in [1.54, 1.807) is 6.07 Å². The topological polar surface area (TPSA) is 32.6 Å². The minimum Gasteiger partial charge on any atom is -0.507 e. The van der Waals surface area contributed by atoms with Gasteiger partial charge in [-0.05, 0) is 35.7 Å². The van der Waals surface area contributed by atoms with Gasteiger partial charge in [-0.1, -0.05) is 54.1 Å². The molecule has 4 rings (SSSR count). The summed E-state index contributed by atoms with van der Waals surface area (Å²) >= 11 is 0. The molecule has 22 heavy (non-hydrogen) atoms. The van der Waals surface area contributed by atoms with Gasteiger partial charge in [-0.15, -0.1) is 0 Å². The number of benzene rings is 3. The molecule has 1 N–H and O–H groups in total. The summed E-state index contributed by atoms with van der Waals surface area (Å²) in [6.07, 6.45) is 0.963. The van der Waals surface area contributed by atoms with E-state index in [1.165, 1.54) is 11.1 Å². The van der Waals surface area contributed by atoms with E-state index in [0.717, 1.165) is 40.6 Å². The summed E-state index contributed by atoms with van der Waals surface area (Å²) in [6, 6.07) is 18.4. The smallest absolute Gasteiger partial charge is 0.125 e. The van der Waals surface area contributed by atoms with E-state index < -0.39 is 0 Å². The average molecular weight is 287 g/mol. The first kappa shape index (κ1) is 13.1. The zero-order chi connectivity index (χ0) is 15.1. The van der Waals surface area contributed by atoms with Crippen LogP contribution in [0.4, 0.5) is 0 Å². The predicted octanol–water partition coefficient (Wildman–Crippen LogP) is 4.25. The molecule has 0 spiro atoms. The number of rotatable bonds is 1. The number of aromatic hydroxyl groups is 1. The van der Waals surface area contributed by atoms with Crippen LogP contribution in [0, 0.1) is 6.92 Å². The summed E-state index contributed by atoms with van der Waals surface area (Å²) in [5, 5.41) is 12.7. The Labute approximate surface area is 129 Å². The molecule has 2 nitrogen and oxygen atoms in total. The van der Waals surface area contributed by atoms with Gasteiger partial charge in [-0.2, -0.15) is 0 Å². The molecule has 0 unspecified atom stereocenters. The predicted molar refractivity (Wildman–Crippen MR) is 91.0 cm³/mol. The molecular formula is C20H17NO. The molecule has 0 aliphatic carbocycles. The molecule has 3 aromatic carbocycles. The van der Waals surface area contributed by atoms with Gasteiger partial charge in [-0.25, -0.2) is 0 Å². The fourth-order valence-electron chi connectivity index (χ4n) is 3.24. The highest BCUT2D eigenvalue weighted by atomic mass is 16.3. The third-order valence-corrected chi connectivity index (χ3v) is 4.31. The summed E-state index contributed by atoms with van der Waals surface area (Å²) in [5.74, 6) is 0.298. The minimum atomic E-state index is 0.298. The van der Waals surface area contributed by atoms with Crippen molar-refractivity contribution in [2.24, 2.45) is 4.99 Å². The summed E-state index contributed by atoms with van der Waals surface area (Å²) in [5.41, 5.74) is 5.42. The highest BCUT2D eigenvalue weighted by Crippen LogP contribution is 2.32. The van der Waals surface area contributed by atoms with Crippen molar-refractivity contribution >= 4 is 16.5 Å². The summed E-state index contributed by atoms with van der Waals surface area (Å²) in [6.45, 7) is 2.85. The molecule has 0 amide bonds. The fourth-order valence-corrected chi connectivity index (χ4v) is 3.24. The number of hydrogen-bond acceptors (Lipinski definition) is 2. The summed E-state index contributed by atoms with van der Waals surface area (Å²) in [7, 11) is 0. The fraction of sp³-hybridized carbons (Fsp3) is 0.150. The number of aryl methyl sites for hydroxylation is 1. The van der Waals surface area contributed by atoms with Gasteiger partial charge >= 0.3 is 0 Å². The van der Waals surface area contributed by atoms with Crippen molar-refractivity contribution in [3.8, 4) is 5.75 Å². The number of nitrogens with zero attached hydrogens (tertiary/aromatic N) is 1. The lowest BCUT2D eigenvalue weighted by molar-refractivity contribution is 0.475. The Bertz CT molecular complexity index is 909. The van der Waals surface area contributed by atoms with Gasteiger partial charge in [0.05, 0.1) is 5.71 Å². The quantitative estimate of drug-likeness (QED) is 0.713. The third-order valence-electron chi connectivity index (χ3n) is 4.31. The van der Waals surface area contributed by atoms with E-state index in [9.17, 15) is 5.11 Å². The van der Waals surface area contributed by atoms with Crippen molar-refractivity contribution < 1.29 is 5.11 Å². The van der Waals surface area contributed by atoms with E-state index in [1.807, 2.05) is 12.1 Å².